The Bertz CT molecular complexity index is 2670. The maximum Gasteiger partial charge on any atom is 0.0635 e. The van der Waals surface area contributed by atoms with Crippen LogP contribution < -0.4 is 0 Å². The molecule has 0 saturated heterocycles. The molecule has 2 heterocycles. The number of rotatable bonds is 3. The quantitative estimate of drug-likeness (QED) is 0.191. The van der Waals surface area contributed by atoms with Crippen LogP contribution in [0.25, 0.3) is 87.5 Å². The highest BCUT2D eigenvalue weighted by molar-refractivity contribution is 6.25. The molecule has 0 unspecified atom stereocenters. The second-order valence-electron chi connectivity index (χ2n) is 11.8. The lowest BCUT2D eigenvalue weighted by Gasteiger charge is -2.14. The van der Waals surface area contributed by atoms with Gasteiger partial charge in [0.25, 0.3) is 0 Å². The first-order chi connectivity index (χ1) is 21.8. The van der Waals surface area contributed by atoms with Crippen LogP contribution in [0.5, 0.6) is 0 Å². The number of hydrogen-bond acceptors (Lipinski definition) is 0. The fraction of sp³-hybridized carbons (Fsp3) is 0. The van der Waals surface area contributed by atoms with Crippen molar-refractivity contribution in [1.82, 2.24) is 9.13 Å². The van der Waals surface area contributed by atoms with Gasteiger partial charge in [0.15, 0.2) is 0 Å². The Labute approximate surface area is 254 Å². The minimum atomic E-state index is 1.16. The highest BCUT2D eigenvalue weighted by Crippen LogP contribution is 2.40. The van der Waals surface area contributed by atoms with Gasteiger partial charge in [-0.3, -0.25) is 0 Å². The molecule has 0 spiro atoms. The SMILES string of the molecule is c1ccc(-n2c3ccccc3c3ccc4c(ccn4-c4ccc(-c5ccc6ccc7cccc8ccc5c6c78)cc4)c32)cc1. The molecule has 0 aliphatic carbocycles. The van der Waals surface area contributed by atoms with Crippen molar-refractivity contribution < 1.29 is 0 Å². The molecule has 2 nitrogen and oxygen atoms in total. The lowest BCUT2D eigenvalue weighted by molar-refractivity contribution is 1.13. The van der Waals surface area contributed by atoms with E-state index in [0.717, 1.165) is 5.69 Å². The Morgan fingerprint density at radius 3 is 1.91 bits per heavy atom. The van der Waals surface area contributed by atoms with Crippen molar-refractivity contribution in [2.75, 3.05) is 0 Å². The third kappa shape index (κ3) is 3.20. The second-order valence-corrected chi connectivity index (χ2v) is 11.8. The van der Waals surface area contributed by atoms with Crippen LogP contribution >= 0.6 is 0 Å². The van der Waals surface area contributed by atoms with Crippen molar-refractivity contribution >= 4 is 65.0 Å². The number of benzene rings is 8. The Morgan fingerprint density at radius 2 is 1.07 bits per heavy atom. The van der Waals surface area contributed by atoms with E-state index in [2.05, 4.69) is 167 Å². The first-order valence-corrected chi connectivity index (χ1v) is 15.2. The van der Waals surface area contributed by atoms with Crippen molar-refractivity contribution in [3.05, 3.63) is 158 Å². The van der Waals surface area contributed by atoms with Gasteiger partial charge in [-0.2, -0.15) is 0 Å². The number of para-hydroxylation sites is 2. The van der Waals surface area contributed by atoms with Crippen LogP contribution in [0.1, 0.15) is 0 Å². The zero-order valence-corrected chi connectivity index (χ0v) is 23.9. The van der Waals surface area contributed by atoms with Gasteiger partial charge in [0, 0.05) is 33.7 Å². The highest BCUT2D eigenvalue weighted by Gasteiger charge is 2.17. The summed E-state index contributed by atoms with van der Waals surface area (Å²) in [5, 5.41) is 11.7. The molecule has 10 rings (SSSR count). The molecule has 0 bridgehead atoms. The van der Waals surface area contributed by atoms with Crippen LogP contribution in [0.15, 0.2) is 158 Å². The van der Waals surface area contributed by atoms with E-state index in [4.69, 9.17) is 0 Å². The number of aromatic nitrogens is 2. The van der Waals surface area contributed by atoms with E-state index in [9.17, 15) is 0 Å². The smallest absolute Gasteiger partial charge is 0.0635 e. The second kappa shape index (κ2) is 8.82. The normalized spacial score (nSPS) is 12.1. The van der Waals surface area contributed by atoms with Crippen LogP contribution in [-0.4, -0.2) is 9.13 Å². The van der Waals surface area contributed by atoms with E-state index in [1.165, 1.54) is 81.8 Å². The van der Waals surface area contributed by atoms with Crippen molar-refractivity contribution in [2.45, 2.75) is 0 Å². The molecule has 0 aliphatic rings. The van der Waals surface area contributed by atoms with Gasteiger partial charge in [-0.05, 0) is 85.9 Å². The lowest BCUT2D eigenvalue weighted by atomic mass is 9.90. The summed E-state index contributed by atoms with van der Waals surface area (Å²) < 4.78 is 4.73. The van der Waals surface area contributed by atoms with Gasteiger partial charge in [0.2, 0.25) is 0 Å². The van der Waals surface area contributed by atoms with E-state index in [1.807, 2.05) is 0 Å². The summed E-state index contributed by atoms with van der Waals surface area (Å²) in [6, 6.07) is 55.5. The summed E-state index contributed by atoms with van der Waals surface area (Å²) in [5.41, 5.74) is 8.52. The molecule has 2 heteroatoms. The van der Waals surface area contributed by atoms with Crippen LogP contribution in [0, 0.1) is 0 Å². The summed E-state index contributed by atoms with van der Waals surface area (Å²) in [7, 11) is 0. The van der Waals surface area contributed by atoms with Gasteiger partial charge in [-0.15, -0.1) is 0 Å². The van der Waals surface area contributed by atoms with Crippen LogP contribution in [-0.2, 0) is 0 Å². The largest absolute Gasteiger partial charge is 0.316 e. The Kier molecular flexibility index (Phi) is 4.75. The molecule has 204 valence electrons. The van der Waals surface area contributed by atoms with Gasteiger partial charge < -0.3 is 9.13 Å². The third-order valence-electron chi connectivity index (χ3n) is 9.50. The minimum absolute atomic E-state index is 1.16. The Hall–Kier alpha value is -5.86. The van der Waals surface area contributed by atoms with E-state index in [1.54, 1.807) is 0 Å². The summed E-state index contributed by atoms with van der Waals surface area (Å²) in [5.74, 6) is 0. The highest BCUT2D eigenvalue weighted by atomic mass is 15.0. The average Bonchev–Trinajstić information content (AvgIpc) is 3.67. The predicted molar refractivity (Wildman–Crippen MR) is 187 cm³/mol. The topological polar surface area (TPSA) is 9.86 Å². The van der Waals surface area contributed by atoms with Gasteiger partial charge in [-0.1, -0.05) is 109 Å². The number of fused-ring (bicyclic) bond motifs is 5. The van der Waals surface area contributed by atoms with Gasteiger partial charge >= 0.3 is 0 Å². The molecular formula is C42H26N2. The van der Waals surface area contributed by atoms with E-state index in [0.29, 0.717) is 0 Å². The fourth-order valence-electron chi connectivity index (χ4n) is 7.54. The Morgan fingerprint density at radius 1 is 0.364 bits per heavy atom. The number of nitrogens with zero attached hydrogens (tertiary/aromatic N) is 2. The van der Waals surface area contributed by atoms with Crippen molar-refractivity contribution in [3.8, 4) is 22.5 Å². The average molecular weight is 559 g/mol. The summed E-state index contributed by atoms with van der Waals surface area (Å²) >= 11 is 0. The molecule has 0 radical (unpaired) electrons. The Balaban J connectivity index is 1.14. The van der Waals surface area contributed by atoms with E-state index in [-0.39, 0.29) is 0 Å². The molecule has 0 N–H and O–H groups in total. The molecule has 8 aromatic carbocycles. The minimum Gasteiger partial charge on any atom is -0.316 e. The molecule has 0 saturated carbocycles. The zero-order valence-electron chi connectivity index (χ0n) is 23.9. The monoisotopic (exact) mass is 558 g/mol. The standard InChI is InChI=1S/C42H26N2/c1-2-9-32(10-3-1)44-39-12-5-4-11-34(39)36-23-24-38-37(42(36)44)25-26-43(38)31-19-15-27(16-20-31)33-21-17-30-14-13-28-7-6-8-29-18-22-35(33)41(30)40(28)29/h1-26H. The predicted octanol–water partition coefficient (Wildman–Crippen LogP) is 11.3. The molecule has 2 aromatic heterocycles. The summed E-state index contributed by atoms with van der Waals surface area (Å²) in [6.45, 7) is 0. The zero-order chi connectivity index (χ0) is 28.8. The van der Waals surface area contributed by atoms with Crippen LogP contribution in [0.4, 0.5) is 0 Å². The fourth-order valence-corrected chi connectivity index (χ4v) is 7.54. The summed E-state index contributed by atoms with van der Waals surface area (Å²) in [4.78, 5) is 0. The maximum atomic E-state index is 2.41. The maximum absolute atomic E-state index is 2.41. The molecular weight excluding hydrogens is 532 g/mol. The first-order valence-electron chi connectivity index (χ1n) is 15.2. The summed E-state index contributed by atoms with van der Waals surface area (Å²) in [6.07, 6.45) is 2.21. The lowest BCUT2D eigenvalue weighted by Crippen LogP contribution is -1.95. The molecule has 44 heavy (non-hydrogen) atoms. The van der Waals surface area contributed by atoms with E-state index < -0.39 is 0 Å². The van der Waals surface area contributed by atoms with Crippen LogP contribution in [0.3, 0.4) is 0 Å². The molecule has 0 aliphatic heterocycles. The molecule has 0 atom stereocenters. The van der Waals surface area contributed by atoms with Gasteiger partial charge in [-0.25, -0.2) is 0 Å². The number of hydrogen-bond donors (Lipinski definition) is 0. The van der Waals surface area contributed by atoms with Crippen molar-refractivity contribution in [2.24, 2.45) is 0 Å². The molecule has 0 amide bonds. The first kappa shape index (κ1) is 23.7. The molecule has 10 aromatic rings. The van der Waals surface area contributed by atoms with Crippen molar-refractivity contribution in [1.29, 1.82) is 0 Å². The van der Waals surface area contributed by atoms with Crippen molar-refractivity contribution in [3.63, 3.8) is 0 Å². The molecule has 0 fully saturated rings. The van der Waals surface area contributed by atoms with E-state index >= 15 is 0 Å². The van der Waals surface area contributed by atoms with Gasteiger partial charge in [0.05, 0.1) is 16.6 Å². The van der Waals surface area contributed by atoms with Crippen LogP contribution in [0.2, 0.25) is 0 Å². The third-order valence-corrected chi connectivity index (χ3v) is 9.50. The van der Waals surface area contributed by atoms with Gasteiger partial charge in [0.1, 0.15) is 0 Å².